The molecule has 1 N–H and O–H groups in total. The van der Waals surface area contributed by atoms with Crippen LogP contribution in [0.3, 0.4) is 0 Å². The number of hydrogen-bond donors (Lipinski definition) is 1. The van der Waals surface area contributed by atoms with E-state index in [4.69, 9.17) is 4.74 Å². The van der Waals surface area contributed by atoms with Crippen molar-refractivity contribution in [1.29, 1.82) is 0 Å². The third kappa shape index (κ3) is 5.39. The molecule has 1 aliphatic carbocycles. The summed E-state index contributed by atoms with van der Waals surface area (Å²) in [6, 6.07) is 7.53. The highest BCUT2D eigenvalue weighted by Gasteiger charge is 2.31. The van der Waals surface area contributed by atoms with Crippen molar-refractivity contribution < 1.29 is 18.6 Å². The van der Waals surface area contributed by atoms with Gasteiger partial charge in [0.15, 0.2) is 5.82 Å². The van der Waals surface area contributed by atoms with Crippen LogP contribution < -0.4 is 4.74 Å². The van der Waals surface area contributed by atoms with Crippen LogP contribution in [0, 0.1) is 6.92 Å². The van der Waals surface area contributed by atoms with E-state index in [-0.39, 0.29) is 36.5 Å². The van der Waals surface area contributed by atoms with Gasteiger partial charge in [0, 0.05) is 12.0 Å². The fraction of sp³-hybridized carbons (Fsp3) is 0.360. The smallest absolute Gasteiger partial charge is 0.244 e. The molecule has 3 aromatic rings. The Bertz CT molecular complexity index is 1180. The molecule has 2 heterocycles. The second-order valence-corrected chi connectivity index (χ2v) is 8.35. The molecule has 0 saturated heterocycles. The highest BCUT2D eigenvalue weighted by atomic mass is 19.3. The molecule has 0 radical (unpaired) electrons. The minimum Gasteiger partial charge on any atom is -0.473 e. The number of nitrogens with zero attached hydrogens (tertiary/aromatic N) is 4. The summed E-state index contributed by atoms with van der Waals surface area (Å²) in [4.78, 5) is 17.3. The van der Waals surface area contributed by atoms with Gasteiger partial charge in [0.05, 0.1) is 35.7 Å². The molecule has 0 aliphatic heterocycles. The highest BCUT2D eigenvalue weighted by Crippen LogP contribution is 2.43. The second kappa shape index (κ2) is 9.70. The van der Waals surface area contributed by atoms with Crippen molar-refractivity contribution in [2.75, 3.05) is 0 Å². The van der Waals surface area contributed by atoms with Crippen molar-refractivity contribution in [3.8, 4) is 17.3 Å². The highest BCUT2D eigenvalue weighted by molar-refractivity contribution is 5.65. The van der Waals surface area contributed by atoms with Crippen LogP contribution in [0.25, 0.3) is 17.0 Å². The lowest BCUT2D eigenvalue weighted by Crippen LogP contribution is -2.09. The number of halogens is 2. The van der Waals surface area contributed by atoms with Crippen molar-refractivity contribution >= 4 is 5.57 Å². The molecule has 6 nitrogen and oxygen atoms in total. The fourth-order valence-corrected chi connectivity index (χ4v) is 3.84. The molecule has 1 fully saturated rings. The van der Waals surface area contributed by atoms with E-state index >= 15 is 0 Å². The van der Waals surface area contributed by atoms with E-state index in [1.165, 1.54) is 6.33 Å². The molecular weight excluding hydrogens is 426 g/mol. The average Bonchev–Trinajstić information content (AvgIpc) is 3.62. The first-order chi connectivity index (χ1) is 15.9. The maximum absolute atomic E-state index is 13.2. The van der Waals surface area contributed by atoms with E-state index < -0.39 is 12.8 Å². The Morgan fingerprint density at radius 3 is 2.64 bits per heavy atom. The minimum absolute atomic E-state index is 0.181. The zero-order valence-electron chi connectivity index (χ0n) is 18.7. The summed E-state index contributed by atoms with van der Waals surface area (Å²) in [5.74, 6) is 0.628. The van der Waals surface area contributed by atoms with Crippen LogP contribution in [0.2, 0.25) is 0 Å². The van der Waals surface area contributed by atoms with Gasteiger partial charge in [-0.05, 0) is 43.4 Å². The van der Waals surface area contributed by atoms with Gasteiger partial charge >= 0.3 is 0 Å². The van der Waals surface area contributed by atoms with Gasteiger partial charge < -0.3 is 9.84 Å². The average molecular weight is 453 g/mol. The lowest BCUT2D eigenvalue weighted by Gasteiger charge is -2.14. The number of ether oxygens (including phenoxy) is 1. The van der Waals surface area contributed by atoms with E-state index in [1.54, 1.807) is 6.07 Å². The summed E-state index contributed by atoms with van der Waals surface area (Å²) < 4.78 is 32.4. The quantitative estimate of drug-likeness (QED) is 0.490. The molecule has 1 aliphatic rings. The van der Waals surface area contributed by atoms with E-state index in [1.807, 2.05) is 32.0 Å². The Morgan fingerprint density at radius 2 is 2.00 bits per heavy atom. The predicted octanol–water partition coefficient (Wildman–Crippen LogP) is 5.03. The van der Waals surface area contributed by atoms with Gasteiger partial charge in [-0.15, -0.1) is 0 Å². The van der Waals surface area contributed by atoms with Crippen LogP contribution in [0.4, 0.5) is 8.78 Å². The number of aliphatic hydroxyl groups excluding tert-OH is 1. The van der Waals surface area contributed by atoms with E-state index in [0.717, 1.165) is 35.1 Å². The van der Waals surface area contributed by atoms with Crippen LogP contribution >= 0.6 is 0 Å². The Balaban J connectivity index is 1.67. The monoisotopic (exact) mass is 452 g/mol. The topological polar surface area (TPSA) is 81.0 Å². The summed E-state index contributed by atoms with van der Waals surface area (Å²) in [6.45, 7) is 7.88. The SMILES string of the molecule is C=C(C)c1ccc(COc2cc(CO)nc(-c3c(CC(F)F)ncnc3C3CC3)n2)cc1C. The van der Waals surface area contributed by atoms with Crippen molar-refractivity contribution in [3.05, 3.63) is 70.9 Å². The third-order valence-electron chi connectivity index (χ3n) is 5.55. The largest absolute Gasteiger partial charge is 0.473 e. The zero-order valence-corrected chi connectivity index (χ0v) is 18.7. The van der Waals surface area contributed by atoms with Crippen LogP contribution in [0.15, 0.2) is 37.2 Å². The summed E-state index contributed by atoms with van der Waals surface area (Å²) in [7, 11) is 0. The molecule has 0 atom stereocenters. The predicted molar refractivity (Wildman–Crippen MR) is 121 cm³/mol. The Hall–Kier alpha value is -3.26. The van der Waals surface area contributed by atoms with Crippen molar-refractivity contribution in [3.63, 3.8) is 0 Å². The minimum atomic E-state index is -2.56. The van der Waals surface area contributed by atoms with Gasteiger partial charge in [-0.2, -0.15) is 4.98 Å². The molecule has 1 aromatic carbocycles. The summed E-state index contributed by atoms with van der Waals surface area (Å²) in [5.41, 5.74) is 5.75. The van der Waals surface area contributed by atoms with Crippen LogP contribution in [0.5, 0.6) is 5.88 Å². The first-order valence-electron chi connectivity index (χ1n) is 10.8. The first kappa shape index (κ1) is 22.9. The third-order valence-corrected chi connectivity index (χ3v) is 5.55. The molecule has 0 bridgehead atoms. The fourth-order valence-electron chi connectivity index (χ4n) is 3.84. The molecule has 0 spiro atoms. The molecular formula is C25H26F2N4O2. The van der Waals surface area contributed by atoms with Gasteiger partial charge in [-0.1, -0.05) is 30.4 Å². The summed E-state index contributed by atoms with van der Waals surface area (Å²) in [5, 5.41) is 9.74. The van der Waals surface area contributed by atoms with Crippen LogP contribution in [-0.2, 0) is 19.6 Å². The summed E-state index contributed by atoms with van der Waals surface area (Å²) >= 11 is 0. The normalized spacial score (nSPS) is 13.4. The molecule has 8 heteroatoms. The number of hydrogen-bond acceptors (Lipinski definition) is 6. The molecule has 172 valence electrons. The molecule has 0 amide bonds. The molecule has 33 heavy (non-hydrogen) atoms. The number of aliphatic hydroxyl groups is 1. The van der Waals surface area contributed by atoms with Crippen LogP contribution in [-0.4, -0.2) is 31.5 Å². The maximum atomic E-state index is 13.2. The second-order valence-electron chi connectivity index (χ2n) is 8.35. The maximum Gasteiger partial charge on any atom is 0.244 e. The van der Waals surface area contributed by atoms with Crippen LogP contribution in [0.1, 0.15) is 59.5 Å². The Morgan fingerprint density at radius 1 is 1.21 bits per heavy atom. The van der Waals surface area contributed by atoms with Crippen molar-refractivity contribution in [2.24, 2.45) is 0 Å². The van der Waals surface area contributed by atoms with Crippen molar-refractivity contribution in [1.82, 2.24) is 19.9 Å². The van der Waals surface area contributed by atoms with E-state index in [9.17, 15) is 13.9 Å². The lowest BCUT2D eigenvalue weighted by molar-refractivity contribution is 0.148. The van der Waals surface area contributed by atoms with Gasteiger partial charge in [-0.3, -0.25) is 0 Å². The van der Waals surface area contributed by atoms with Gasteiger partial charge in [0.2, 0.25) is 12.3 Å². The number of benzene rings is 1. The summed E-state index contributed by atoms with van der Waals surface area (Å²) in [6.07, 6.45) is 0.0999. The van der Waals surface area contributed by atoms with E-state index in [2.05, 4.69) is 26.5 Å². The molecule has 2 aromatic heterocycles. The number of aromatic nitrogens is 4. The molecule has 1 saturated carbocycles. The lowest BCUT2D eigenvalue weighted by atomic mass is 10.0. The van der Waals surface area contributed by atoms with Gasteiger partial charge in [0.25, 0.3) is 0 Å². The first-order valence-corrected chi connectivity index (χ1v) is 10.8. The Labute approximate surface area is 191 Å². The van der Waals surface area contributed by atoms with Gasteiger partial charge in [0.1, 0.15) is 12.9 Å². The zero-order chi connectivity index (χ0) is 23.5. The van der Waals surface area contributed by atoms with Crippen molar-refractivity contribution in [2.45, 2.75) is 58.7 Å². The number of allylic oxidation sites excluding steroid dienone is 1. The number of aryl methyl sites for hydroxylation is 1. The standard InChI is InChI=1S/C25H26F2N4O2/c1-14(2)19-7-4-16(8-15(19)3)12-33-22-9-18(11-32)30-25(31-22)23-20(10-21(26)27)28-13-29-24(23)17-5-6-17/h4,7-9,13,17,21,32H,1,5-6,10-12H2,2-3H3. The van der Waals surface area contributed by atoms with E-state index in [0.29, 0.717) is 17.0 Å². The number of alkyl halides is 2. The molecule has 0 unspecified atom stereocenters. The Kier molecular flexibility index (Phi) is 6.74. The number of rotatable bonds is 9. The van der Waals surface area contributed by atoms with Gasteiger partial charge in [-0.25, -0.2) is 23.7 Å². The molecule has 4 rings (SSSR count).